The maximum Gasteiger partial charge on any atom is 0.260 e. The van der Waals surface area contributed by atoms with Gasteiger partial charge in [0.25, 0.3) is 5.91 Å². The molecule has 1 amide bonds. The Morgan fingerprint density at radius 3 is 2.62 bits per heavy atom. The summed E-state index contributed by atoms with van der Waals surface area (Å²) in [5.41, 5.74) is 2.38. The molecule has 3 heterocycles. The van der Waals surface area contributed by atoms with Crippen LogP contribution in [-0.4, -0.2) is 68.5 Å². The van der Waals surface area contributed by atoms with Crippen LogP contribution in [0.2, 0.25) is 0 Å². The number of hydrogen-bond donors (Lipinski definition) is 2. The Hall–Kier alpha value is -2.38. The zero-order chi connectivity index (χ0) is 18.3. The van der Waals surface area contributed by atoms with Crippen LogP contribution in [0.3, 0.4) is 0 Å². The minimum Gasteiger partial charge on any atom is -0.336 e. The Labute approximate surface area is 154 Å². The number of aliphatic imine (C=N–C) groups is 1. The van der Waals surface area contributed by atoms with Crippen LogP contribution < -0.4 is 15.5 Å². The molecule has 138 valence electrons. The molecule has 4 rings (SSSR count). The van der Waals surface area contributed by atoms with Crippen molar-refractivity contribution in [3.8, 4) is 0 Å². The van der Waals surface area contributed by atoms with E-state index in [1.807, 2.05) is 36.2 Å². The molecule has 0 spiro atoms. The standard InChI is InChI=1S/C19H26N6O/c1-23-10-8-13(9-11-23)21-19-20-12-16-17(22-19)24(2)15-7-5-4-6-14(15)18(26)25(16)3/h4-7,12-13,19,21-22H,8-11H2,1-3H3. The van der Waals surface area contributed by atoms with E-state index in [0.717, 1.165) is 43.1 Å². The highest BCUT2D eigenvalue weighted by Gasteiger charge is 2.32. The molecule has 0 aromatic heterocycles. The Balaban J connectivity index is 1.57. The summed E-state index contributed by atoms with van der Waals surface area (Å²) in [7, 11) is 5.94. The first-order valence-corrected chi connectivity index (χ1v) is 9.14. The van der Waals surface area contributed by atoms with Gasteiger partial charge in [-0.1, -0.05) is 12.1 Å². The average molecular weight is 354 g/mol. The van der Waals surface area contributed by atoms with E-state index in [0.29, 0.717) is 11.6 Å². The maximum atomic E-state index is 12.8. The van der Waals surface area contributed by atoms with Crippen LogP contribution in [-0.2, 0) is 0 Å². The van der Waals surface area contributed by atoms with Gasteiger partial charge >= 0.3 is 0 Å². The lowest BCUT2D eigenvalue weighted by Crippen LogP contribution is -2.53. The van der Waals surface area contributed by atoms with Crippen LogP contribution in [0, 0.1) is 0 Å². The molecule has 1 unspecified atom stereocenters. The summed E-state index contributed by atoms with van der Waals surface area (Å²) >= 11 is 0. The third-order valence-corrected chi connectivity index (χ3v) is 5.47. The second-order valence-electron chi connectivity index (χ2n) is 7.24. The van der Waals surface area contributed by atoms with Crippen molar-refractivity contribution in [2.75, 3.05) is 39.1 Å². The molecule has 2 N–H and O–H groups in total. The maximum absolute atomic E-state index is 12.8. The highest BCUT2D eigenvalue weighted by molar-refractivity contribution is 6.05. The molecule has 3 aliphatic heterocycles. The largest absolute Gasteiger partial charge is 0.336 e. The van der Waals surface area contributed by atoms with Crippen LogP contribution >= 0.6 is 0 Å². The number of carbonyl (C=O) groups excluding carboxylic acids is 1. The number of para-hydroxylation sites is 1. The minimum absolute atomic E-state index is 0.0209. The van der Waals surface area contributed by atoms with Gasteiger partial charge in [0, 0.05) is 20.1 Å². The highest BCUT2D eigenvalue weighted by Crippen LogP contribution is 2.30. The number of likely N-dealkylation sites (tertiary alicyclic amines) is 1. The van der Waals surface area contributed by atoms with Gasteiger partial charge in [0.05, 0.1) is 17.5 Å². The van der Waals surface area contributed by atoms with Crippen molar-refractivity contribution in [3.63, 3.8) is 0 Å². The first kappa shape index (κ1) is 17.1. The number of nitrogens with zero attached hydrogens (tertiary/aromatic N) is 4. The van der Waals surface area contributed by atoms with E-state index in [-0.39, 0.29) is 12.2 Å². The van der Waals surface area contributed by atoms with Gasteiger partial charge in [-0.15, -0.1) is 0 Å². The number of nitrogens with one attached hydrogen (secondary N) is 2. The van der Waals surface area contributed by atoms with Crippen LogP contribution in [0.25, 0.3) is 0 Å². The van der Waals surface area contributed by atoms with Gasteiger partial charge in [0.1, 0.15) is 11.5 Å². The number of fused-ring (bicyclic) bond motifs is 1. The predicted molar refractivity (Wildman–Crippen MR) is 103 cm³/mol. The molecule has 1 atom stereocenters. The van der Waals surface area contributed by atoms with E-state index in [2.05, 4.69) is 27.6 Å². The molecule has 7 nitrogen and oxygen atoms in total. The number of rotatable bonds is 2. The van der Waals surface area contributed by atoms with Gasteiger partial charge in [-0.25, -0.2) is 0 Å². The van der Waals surface area contributed by atoms with Crippen LogP contribution in [0.4, 0.5) is 5.69 Å². The van der Waals surface area contributed by atoms with Crippen molar-refractivity contribution < 1.29 is 4.79 Å². The first-order chi connectivity index (χ1) is 12.5. The van der Waals surface area contributed by atoms with Crippen molar-refractivity contribution in [1.82, 2.24) is 20.4 Å². The molecular formula is C19H26N6O. The molecule has 1 fully saturated rings. The fourth-order valence-corrected chi connectivity index (χ4v) is 3.80. The van der Waals surface area contributed by atoms with Crippen molar-refractivity contribution in [2.45, 2.75) is 25.2 Å². The Morgan fingerprint density at radius 2 is 1.85 bits per heavy atom. The number of carbonyl (C=O) groups is 1. The van der Waals surface area contributed by atoms with Crippen molar-refractivity contribution >= 4 is 17.8 Å². The Morgan fingerprint density at radius 1 is 1.12 bits per heavy atom. The minimum atomic E-state index is -0.182. The number of allylic oxidation sites excluding steroid dienone is 1. The third-order valence-electron chi connectivity index (χ3n) is 5.47. The normalized spacial score (nSPS) is 24.3. The predicted octanol–water partition coefficient (Wildman–Crippen LogP) is 1.02. The number of anilines is 1. The third kappa shape index (κ3) is 2.97. The number of piperidine rings is 1. The van der Waals surface area contributed by atoms with Crippen molar-refractivity contribution in [1.29, 1.82) is 0 Å². The fourth-order valence-electron chi connectivity index (χ4n) is 3.80. The van der Waals surface area contributed by atoms with Crippen molar-refractivity contribution in [3.05, 3.63) is 41.3 Å². The summed E-state index contributed by atoms with van der Waals surface area (Å²) in [5.74, 6) is 0.874. The van der Waals surface area contributed by atoms with Crippen LogP contribution in [0.1, 0.15) is 23.2 Å². The monoisotopic (exact) mass is 354 g/mol. The highest BCUT2D eigenvalue weighted by atomic mass is 16.2. The van der Waals surface area contributed by atoms with Gasteiger partial charge in [-0.2, -0.15) is 0 Å². The molecule has 0 aliphatic carbocycles. The fraction of sp³-hybridized carbons (Fsp3) is 0.474. The van der Waals surface area contributed by atoms with Crippen LogP contribution in [0.5, 0.6) is 0 Å². The van der Waals surface area contributed by atoms with E-state index in [4.69, 9.17) is 0 Å². The number of amides is 1. The molecule has 3 aliphatic rings. The van der Waals surface area contributed by atoms with Crippen LogP contribution in [0.15, 0.2) is 40.8 Å². The second-order valence-corrected chi connectivity index (χ2v) is 7.24. The SMILES string of the molecule is CN1CCC(NC2N=CC3=C(N2)N(C)c2ccccc2C(=O)N3C)CC1. The first-order valence-electron chi connectivity index (χ1n) is 9.14. The topological polar surface area (TPSA) is 63.2 Å². The van der Waals surface area contributed by atoms with Gasteiger partial charge in [0.15, 0.2) is 6.29 Å². The molecule has 1 aromatic rings. The van der Waals surface area contributed by atoms with E-state index in [9.17, 15) is 4.79 Å². The van der Waals surface area contributed by atoms with E-state index >= 15 is 0 Å². The van der Waals surface area contributed by atoms with Gasteiger partial charge in [-0.05, 0) is 45.1 Å². The summed E-state index contributed by atoms with van der Waals surface area (Å²) in [4.78, 5) is 23.5. The van der Waals surface area contributed by atoms with E-state index in [1.54, 1.807) is 18.2 Å². The smallest absolute Gasteiger partial charge is 0.260 e. The molecule has 1 aromatic carbocycles. The van der Waals surface area contributed by atoms with Gasteiger partial charge in [-0.3, -0.25) is 15.1 Å². The number of benzene rings is 1. The number of hydrogen-bond acceptors (Lipinski definition) is 6. The molecule has 7 heteroatoms. The summed E-state index contributed by atoms with van der Waals surface area (Å²) in [6.45, 7) is 2.21. The molecule has 0 radical (unpaired) electrons. The zero-order valence-electron chi connectivity index (χ0n) is 15.6. The summed E-state index contributed by atoms with van der Waals surface area (Å²) in [6.07, 6.45) is 3.86. The van der Waals surface area contributed by atoms with Gasteiger partial charge < -0.3 is 20.0 Å². The Bertz CT molecular complexity index is 765. The molecule has 0 saturated carbocycles. The average Bonchev–Trinajstić information content (AvgIpc) is 2.74. The molecule has 26 heavy (non-hydrogen) atoms. The lowest BCUT2D eigenvalue weighted by atomic mass is 10.1. The summed E-state index contributed by atoms with van der Waals surface area (Å²) in [6, 6.07) is 8.15. The molecule has 0 bridgehead atoms. The molecular weight excluding hydrogens is 328 g/mol. The Kier molecular flexibility index (Phi) is 4.42. The van der Waals surface area contributed by atoms with Crippen molar-refractivity contribution in [2.24, 2.45) is 4.99 Å². The summed E-state index contributed by atoms with van der Waals surface area (Å²) < 4.78 is 0. The molecule has 1 saturated heterocycles. The summed E-state index contributed by atoms with van der Waals surface area (Å²) in [5, 5.41) is 7.09. The quantitative estimate of drug-likeness (QED) is 0.830. The van der Waals surface area contributed by atoms with Gasteiger partial charge in [0.2, 0.25) is 0 Å². The van der Waals surface area contributed by atoms with E-state index in [1.165, 1.54) is 0 Å². The van der Waals surface area contributed by atoms with E-state index < -0.39 is 0 Å². The lowest BCUT2D eigenvalue weighted by molar-refractivity contribution is 0.0843. The zero-order valence-corrected chi connectivity index (χ0v) is 15.6. The second kappa shape index (κ2) is 6.74. The lowest BCUT2D eigenvalue weighted by Gasteiger charge is -2.35.